The third-order valence-corrected chi connectivity index (χ3v) is 3.74. The Morgan fingerprint density at radius 1 is 1.50 bits per heavy atom. The Morgan fingerprint density at radius 2 is 2.28 bits per heavy atom. The fourth-order valence-corrected chi connectivity index (χ4v) is 2.72. The smallest absolute Gasteiger partial charge is 0.146 e. The van der Waals surface area contributed by atoms with E-state index in [1.54, 1.807) is 13.2 Å². The maximum absolute atomic E-state index is 14.0. The summed E-state index contributed by atoms with van der Waals surface area (Å²) in [5.74, 6) is -0.180. The van der Waals surface area contributed by atoms with Gasteiger partial charge in [0.05, 0.1) is 11.8 Å². The molecule has 4 heteroatoms. The highest BCUT2D eigenvalue weighted by atomic mass is 19.1. The van der Waals surface area contributed by atoms with Crippen LogP contribution in [0.15, 0.2) is 18.2 Å². The zero-order valence-corrected chi connectivity index (χ0v) is 11.0. The van der Waals surface area contributed by atoms with Crippen molar-refractivity contribution in [3.8, 4) is 0 Å². The second-order valence-corrected chi connectivity index (χ2v) is 4.88. The van der Waals surface area contributed by atoms with E-state index in [4.69, 9.17) is 10.5 Å². The number of rotatable bonds is 3. The number of hydrogen-bond acceptors (Lipinski definition) is 3. The normalized spacial score (nSPS) is 24.3. The van der Waals surface area contributed by atoms with Crippen molar-refractivity contribution in [2.24, 2.45) is 5.73 Å². The van der Waals surface area contributed by atoms with Gasteiger partial charge in [0.15, 0.2) is 0 Å². The summed E-state index contributed by atoms with van der Waals surface area (Å²) < 4.78 is 19.4. The molecule has 0 radical (unpaired) electrons. The van der Waals surface area contributed by atoms with E-state index < -0.39 is 0 Å². The zero-order valence-electron chi connectivity index (χ0n) is 11.0. The second kappa shape index (κ2) is 5.67. The van der Waals surface area contributed by atoms with Crippen LogP contribution in [-0.4, -0.2) is 25.8 Å². The number of anilines is 1. The van der Waals surface area contributed by atoms with E-state index in [1.165, 1.54) is 6.07 Å². The predicted octanol–water partition coefficient (Wildman–Crippen LogP) is 2.29. The van der Waals surface area contributed by atoms with Crippen LogP contribution in [0.3, 0.4) is 0 Å². The molecule has 0 bridgehead atoms. The van der Waals surface area contributed by atoms with Crippen LogP contribution in [-0.2, 0) is 11.3 Å². The summed E-state index contributed by atoms with van der Waals surface area (Å²) in [6.07, 6.45) is 2.14. The Labute approximate surface area is 108 Å². The van der Waals surface area contributed by atoms with Crippen LogP contribution in [0.25, 0.3) is 0 Å². The number of benzene rings is 1. The molecule has 0 amide bonds. The van der Waals surface area contributed by atoms with Gasteiger partial charge in [0.1, 0.15) is 5.82 Å². The standard InChI is InChI=1S/C14H21FN2O/c1-10-8-12(18-2)6-7-17(10)14-11(9-16)4-3-5-13(14)15/h3-5,10,12H,6-9,16H2,1-2H3. The van der Waals surface area contributed by atoms with Crippen molar-refractivity contribution < 1.29 is 9.13 Å². The van der Waals surface area contributed by atoms with Crippen LogP contribution in [0.4, 0.5) is 10.1 Å². The molecule has 1 aromatic rings. The van der Waals surface area contributed by atoms with Crippen LogP contribution in [0.1, 0.15) is 25.3 Å². The molecule has 0 aromatic heterocycles. The number of methoxy groups -OCH3 is 1. The molecular weight excluding hydrogens is 231 g/mol. The lowest BCUT2D eigenvalue weighted by molar-refractivity contribution is 0.0719. The molecule has 2 unspecified atom stereocenters. The summed E-state index contributed by atoms with van der Waals surface area (Å²) in [5, 5.41) is 0. The summed E-state index contributed by atoms with van der Waals surface area (Å²) in [4.78, 5) is 2.12. The Morgan fingerprint density at radius 3 is 2.89 bits per heavy atom. The number of nitrogens with two attached hydrogens (primary N) is 1. The third kappa shape index (κ3) is 2.49. The van der Waals surface area contributed by atoms with Gasteiger partial charge >= 0.3 is 0 Å². The lowest BCUT2D eigenvalue weighted by atomic mass is 9.98. The highest BCUT2D eigenvalue weighted by Gasteiger charge is 2.28. The Hall–Kier alpha value is -1.13. The molecule has 1 heterocycles. The molecule has 100 valence electrons. The molecule has 3 nitrogen and oxygen atoms in total. The van der Waals surface area contributed by atoms with E-state index in [9.17, 15) is 4.39 Å². The SMILES string of the molecule is COC1CCN(c2c(F)cccc2CN)C(C)C1. The third-order valence-electron chi connectivity index (χ3n) is 3.74. The molecule has 1 saturated heterocycles. The Bertz CT molecular complexity index is 411. The van der Waals surface area contributed by atoms with E-state index in [0.29, 0.717) is 12.2 Å². The average molecular weight is 252 g/mol. The second-order valence-electron chi connectivity index (χ2n) is 4.88. The van der Waals surface area contributed by atoms with Crippen molar-refractivity contribution in [3.63, 3.8) is 0 Å². The molecule has 0 saturated carbocycles. The molecular formula is C14H21FN2O. The first-order chi connectivity index (χ1) is 8.67. The van der Waals surface area contributed by atoms with Gasteiger partial charge in [-0.3, -0.25) is 0 Å². The van der Waals surface area contributed by atoms with E-state index in [2.05, 4.69) is 11.8 Å². The summed E-state index contributed by atoms with van der Waals surface area (Å²) in [7, 11) is 1.74. The maximum atomic E-state index is 14.0. The highest BCUT2D eigenvalue weighted by Crippen LogP contribution is 2.31. The number of halogens is 1. The number of ether oxygens (including phenoxy) is 1. The van der Waals surface area contributed by atoms with Gasteiger partial charge in [0.25, 0.3) is 0 Å². The molecule has 1 aliphatic heterocycles. The highest BCUT2D eigenvalue weighted by molar-refractivity contribution is 5.56. The summed E-state index contributed by atoms with van der Waals surface area (Å²) >= 11 is 0. The van der Waals surface area contributed by atoms with Gasteiger partial charge in [-0.1, -0.05) is 12.1 Å². The van der Waals surface area contributed by atoms with Crippen LogP contribution in [0.5, 0.6) is 0 Å². The Kier molecular flexibility index (Phi) is 4.19. The molecule has 1 fully saturated rings. The van der Waals surface area contributed by atoms with Crippen LogP contribution < -0.4 is 10.6 Å². The van der Waals surface area contributed by atoms with Gasteiger partial charge in [-0.15, -0.1) is 0 Å². The van der Waals surface area contributed by atoms with E-state index in [1.807, 2.05) is 6.07 Å². The van der Waals surface area contributed by atoms with Gasteiger partial charge in [-0.25, -0.2) is 4.39 Å². The van der Waals surface area contributed by atoms with Crippen LogP contribution in [0.2, 0.25) is 0 Å². The fraction of sp³-hybridized carbons (Fsp3) is 0.571. The van der Waals surface area contributed by atoms with Gasteiger partial charge in [0, 0.05) is 26.2 Å². The van der Waals surface area contributed by atoms with Crippen LogP contribution in [0, 0.1) is 5.82 Å². The van der Waals surface area contributed by atoms with E-state index in [0.717, 1.165) is 24.9 Å². The lowest BCUT2D eigenvalue weighted by Gasteiger charge is -2.39. The number of hydrogen-bond donors (Lipinski definition) is 1. The minimum absolute atomic E-state index is 0.180. The van der Waals surface area contributed by atoms with Gasteiger partial charge in [0.2, 0.25) is 0 Å². The predicted molar refractivity (Wildman–Crippen MR) is 71.1 cm³/mol. The van der Waals surface area contributed by atoms with Crippen molar-refractivity contribution in [1.82, 2.24) is 0 Å². The molecule has 1 aliphatic rings. The van der Waals surface area contributed by atoms with E-state index in [-0.39, 0.29) is 18.0 Å². The van der Waals surface area contributed by atoms with Crippen molar-refractivity contribution in [1.29, 1.82) is 0 Å². The first-order valence-corrected chi connectivity index (χ1v) is 6.44. The first-order valence-electron chi connectivity index (χ1n) is 6.44. The number of para-hydroxylation sites is 1. The van der Waals surface area contributed by atoms with Gasteiger partial charge in [-0.05, 0) is 31.4 Å². The molecule has 2 N–H and O–H groups in total. The van der Waals surface area contributed by atoms with Crippen molar-refractivity contribution >= 4 is 5.69 Å². The maximum Gasteiger partial charge on any atom is 0.146 e. The van der Waals surface area contributed by atoms with Crippen molar-refractivity contribution in [3.05, 3.63) is 29.6 Å². The van der Waals surface area contributed by atoms with Gasteiger partial charge in [-0.2, -0.15) is 0 Å². The number of nitrogens with zero attached hydrogens (tertiary/aromatic N) is 1. The lowest BCUT2D eigenvalue weighted by Crippen LogP contribution is -2.44. The fourth-order valence-electron chi connectivity index (χ4n) is 2.72. The van der Waals surface area contributed by atoms with Gasteiger partial charge < -0.3 is 15.4 Å². The largest absolute Gasteiger partial charge is 0.381 e. The number of piperidine rings is 1. The van der Waals surface area contributed by atoms with Crippen LogP contribution >= 0.6 is 0 Å². The Balaban J connectivity index is 2.26. The first kappa shape index (κ1) is 13.3. The molecule has 2 rings (SSSR count). The zero-order chi connectivity index (χ0) is 13.1. The molecule has 1 aromatic carbocycles. The quantitative estimate of drug-likeness (QED) is 0.897. The summed E-state index contributed by atoms with van der Waals surface area (Å²) in [6.45, 7) is 3.29. The van der Waals surface area contributed by atoms with Crippen molar-refractivity contribution in [2.45, 2.75) is 38.5 Å². The molecule has 0 aliphatic carbocycles. The average Bonchev–Trinajstić information content (AvgIpc) is 2.39. The molecule has 2 atom stereocenters. The minimum Gasteiger partial charge on any atom is -0.381 e. The summed E-state index contributed by atoms with van der Waals surface area (Å²) in [6, 6.07) is 5.39. The monoisotopic (exact) mass is 252 g/mol. The minimum atomic E-state index is -0.180. The van der Waals surface area contributed by atoms with E-state index >= 15 is 0 Å². The van der Waals surface area contributed by atoms with Crippen molar-refractivity contribution in [2.75, 3.05) is 18.6 Å². The topological polar surface area (TPSA) is 38.5 Å². The molecule has 18 heavy (non-hydrogen) atoms. The summed E-state index contributed by atoms with van der Waals surface area (Å²) in [5.41, 5.74) is 7.25. The molecule has 0 spiro atoms.